The lowest BCUT2D eigenvalue weighted by Crippen LogP contribution is -2.47. The van der Waals surface area contributed by atoms with E-state index < -0.39 is 53.2 Å². The van der Waals surface area contributed by atoms with Gasteiger partial charge in [-0.2, -0.15) is 0 Å². The van der Waals surface area contributed by atoms with Crippen molar-refractivity contribution in [3.8, 4) is 0 Å². The Hall–Kier alpha value is -1.55. The van der Waals surface area contributed by atoms with Gasteiger partial charge < -0.3 is 24.4 Å². The number of hydrogen-bond donors (Lipinski definition) is 2. The first kappa shape index (κ1) is 29.0. The molecule has 0 saturated carbocycles. The summed E-state index contributed by atoms with van der Waals surface area (Å²) in [5.41, 5.74) is -0.723. The van der Waals surface area contributed by atoms with Gasteiger partial charge in [0.05, 0.1) is 48.0 Å². The summed E-state index contributed by atoms with van der Waals surface area (Å²) in [5.74, 6) is -2.17. The predicted octanol–water partition coefficient (Wildman–Crippen LogP) is 3.70. The van der Waals surface area contributed by atoms with Gasteiger partial charge in [0.1, 0.15) is 18.0 Å². The Morgan fingerprint density at radius 3 is 2.64 bits per heavy atom. The number of hydrogen-bond acceptors (Lipinski definition) is 8. The lowest BCUT2D eigenvalue weighted by molar-refractivity contribution is -0.154. The zero-order valence-corrected chi connectivity index (χ0v) is 22.5. The number of nitrogens with zero attached hydrogens (tertiary/aromatic N) is 1. The second-order valence-electron chi connectivity index (χ2n) is 10.2. The van der Waals surface area contributed by atoms with Crippen LogP contribution >= 0.6 is 23.2 Å². The van der Waals surface area contributed by atoms with Crippen LogP contribution in [0.2, 0.25) is 0 Å². The number of epoxide rings is 1. The molecular formula is C26H35Cl2NO7. The number of carbonyl (C=O) groups excluding carboxylic acids is 2. The number of ether oxygens (including phenoxy) is 3. The minimum atomic E-state index is -1.33. The van der Waals surface area contributed by atoms with Crippen LogP contribution in [0, 0.1) is 17.3 Å². The van der Waals surface area contributed by atoms with E-state index in [1.807, 2.05) is 0 Å². The highest BCUT2D eigenvalue weighted by molar-refractivity contribution is 6.32. The number of Topliss-reactive ketones (excluding diaryl/α,β-unsaturated/α-hetero) is 1. The zero-order valence-electron chi connectivity index (χ0n) is 21.0. The maximum atomic E-state index is 13.4. The lowest BCUT2D eigenvalue weighted by Gasteiger charge is -2.35. The monoisotopic (exact) mass is 543 g/mol. The number of aliphatic hydroxyl groups is 2. The average molecular weight is 544 g/mol. The van der Waals surface area contributed by atoms with Crippen LogP contribution in [-0.2, 0) is 23.8 Å². The summed E-state index contributed by atoms with van der Waals surface area (Å²) >= 11 is 13.1. The number of halogens is 2. The topological polar surface area (TPSA) is 118 Å². The molecule has 2 N–H and O–H groups in total. The molecule has 0 amide bonds. The molecule has 200 valence electrons. The molecule has 2 aliphatic rings. The van der Waals surface area contributed by atoms with Crippen molar-refractivity contribution in [1.29, 1.82) is 0 Å². The fourth-order valence-corrected chi connectivity index (χ4v) is 4.90. The van der Waals surface area contributed by atoms with E-state index in [0.717, 1.165) is 0 Å². The smallest absolute Gasteiger partial charge is 0.309 e. The number of aromatic nitrogens is 1. The summed E-state index contributed by atoms with van der Waals surface area (Å²) in [4.78, 5) is 30.4. The van der Waals surface area contributed by atoms with Crippen molar-refractivity contribution < 1.29 is 34.0 Å². The summed E-state index contributed by atoms with van der Waals surface area (Å²) in [7, 11) is 0. The van der Waals surface area contributed by atoms with Crippen molar-refractivity contribution in [2.24, 2.45) is 17.3 Å². The number of fused-ring (bicyclic) bond motifs is 1. The fourth-order valence-electron chi connectivity index (χ4n) is 4.38. The average Bonchev–Trinajstić information content (AvgIpc) is 3.47. The van der Waals surface area contributed by atoms with E-state index in [2.05, 4.69) is 4.98 Å². The maximum Gasteiger partial charge on any atom is 0.309 e. The number of cyclic esters (lactones) is 1. The quantitative estimate of drug-likeness (QED) is 0.336. The zero-order chi connectivity index (χ0) is 26.7. The maximum absolute atomic E-state index is 13.4. The minimum absolute atomic E-state index is 0.0491. The largest absolute Gasteiger partial charge is 0.456 e. The Morgan fingerprint density at radius 1 is 1.28 bits per heavy atom. The molecule has 2 saturated heterocycles. The minimum Gasteiger partial charge on any atom is -0.456 e. The van der Waals surface area contributed by atoms with Gasteiger partial charge in [-0.1, -0.05) is 57.0 Å². The van der Waals surface area contributed by atoms with Crippen LogP contribution in [-0.4, -0.2) is 69.6 Å². The summed E-state index contributed by atoms with van der Waals surface area (Å²) in [6.45, 7) is 6.93. The fraction of sp³-hybridized carbons (Fsp3) is 0.654. The second kappa shape index (κ2) is 11.9. The highest BCUT2D eigenvalue weighted by Gasteiger charge is 2.57. The molecule has 0 radical (unpaired) electrons. The van der Waals surface area contributed by atoms with Gasteiger partial charge >= 0.3 is 5.97 Å². The molecule has 7 atom stereocenters. The van der Waals surface area contributed by atoms with Gasteiger partial charge in [0.15, 0.2) is 5.06 Å². The summed E-state index contributed by atoms with van der Waals surface area (Å²) in [5, 5.41) is 20.9. The second-order valence-corrected chi connectivity index (χ2v) is 11.3. The van der Waals surface area contributed by atoms with E-state index in [9.17, 15) is 19.8 Å². The molecule has 8 nitrogen and oxygen atoms in total. The van der Waals surface area contributed by atoms with Crippen LogP contribution in [0.5, 0.6) is 0 Å². The van der Waals surface area contributed by atoms with Crippen molar-refractivity contribution in [2.45, 2.75) is 76.4 Å². The molecule has 3 rings (SSSR count). The molecule has 0 aromatic carbocycles. The first-order valence-corrected chi connectivity index (χ1v) is 13.0. The number of ketones is 1. The van der Waals surface area contributed by atoms with Gasteiger partial charge in [-0.15, -0.1) is 0 Å². The number of alkyl halides is 1. The highest BCUT2D eigenvalue weighted by atomic mass is 35.5. The van der Waals surface area contributed by atoms with Gasteiger partial charge in [0, 0.05) is 24.5 Å². The summed E-state index contributed by atoms with van der Waals surface area (Å²) in [6, 6.07) is 5.33. The third-order valence-electron chi connectivity index (χ3n) is 7.02. The molecule has 36 heavy (non-hydrogen) atoms. The Morgan fingerprint density at radius 2 is 2.00 bits per heavy atom. The van der Waals surface area contributed by atoms with Gasteiger partial charge in [0.2, 0.25) is 0 Å². The van der Waals surface area contributed by atoms with Crippen molar-refractivity contribution in [3.63, 3.8) is 0 Å². The van der Waals surface area contributed by atoms with Crippen LogP contribution in [0.1, 0.15) is 52.7 Å². The van der Waals surface area contributed by atoms with E-state index in [0.29, 0.717) is 12.1 Å². The number of rotatable bonds is 3. The number of pyridine rings is 1. The molecule has 0 spiro atoms. The predicted molar refractivity (Wildman–Crippen MR) is 135 cm³/mol. The molecule has 1 aromatic heterocycles. The molecule has 10 heteroatoms. The van der Waals surface area contributed by atoms with Crippen molar-refractivity contribution >= 4 is 41.0 Å². The van der Waals surface area contributed by atoms with E-state index in [-0.39, 0.29) is 36.4 Å². The van der Waals surface area contributed by atoms with E-state index in [4.69, 9.17) is 37.4 Å². The third-order valence-corrected chi connectivity index (χ3v) is 7.82. The van der Waals surface area contributed by atoms with E-state index in [1.165, 1.54) is 0 Å². The van der Waals surface area contributed by atoms with Crippen molar-refractivity contribution in [2.75, 3.05) is 13.2 Å². The van der Waals surface area contributed by atoms with Crippen LogP contribution < -0.4 is 0 Å². The van der Waals surface area contributed by atoms with Gasteiger partial charge in [-0.3, -0.25) is 14.6 Å². The van der Waals surface area contributed by atoms with Crippen LogP contribution in [0.4, 0.5) is 0 Å². The number of aliphatic hydroxyl groups excluding tert-OH is 2. The molecule has 0 bridgehead atoms. The molecule has 2 unspecified atom stereocenters. The van der Waals surface area contributed by atoms with Gasteiger partial charge in [0.25, 0.3) is 0 Å². The Bertz CT molecular complexity index is 957. The Labute approximate surface area is 221 Å². The number of esters is 1. The van der Waals surface area contributed by atoms with Gasteiger partial charge in [-0.05, 0) is 24.6 Å². The molecule has 2 aliphatic heterocycles. The molecule has 0 aliphatic carbocycles. The SMILES string of the molecule is CC[C@H]1C(=O)C(C)(C)[C@@H](O)CC(=O)O[C@H](/C(Cl)=C/c2ccccn2)CC2OC2(Cl)COC[C@H](C)[C@@H]1O. The highest BCUT2D eigenvalue weighted by Crippen LogP contribution is 2.45. The van der Waals surface area contributed by atoms with Gasteiger partial charge in [-0.25, -0.2) is 0 Å². The summed E-state index contributed by atoms with van der Waals surface area (Å²) < 4.78 is 17.0. The standard InChI is InChI=1S/C26H35Cl2NO7/c1-5-17-23(32)15(2)13-34-14-26(28)21(36-26)11-19(18(27)10-16-8-6-7-9-29-16)35-22(31)12-20(30)25(3,4)24(17)33/h6-10,15,17,19-21,23,30,32H,5,11-14H2,1-4H3/b18-10-/t15-,17+,19-,20-,21?,23-,26?/m0/s1. The Kier molecular flexibility index (Phi) is 9.57. The molecular weight excluding hydrogens is 509 g/mol. The lowest BCUT2D eigenvalue weighted by atomic mass is 9.72. The van der Waals surface area contributed by atoms with Crippen LogP contribution in [0.15, 0.2) is 29.4 Å². The summed E-state index contributed by atoms with van der Waals surface area (Å²) in [6.07, 6.45) is -0.420. The van der Waals surface area contributed by atoms with Crippen LogP contribution in [0.25, 0.3) is 6.08 Å². The third kappa shape index (κ3) is 6.85. The van der Waals surface area contributed by atoms with E-state index in [1.54, 1.807) is 58.2 Å². The van der Waals surface area contributed by atoms with Crippen LogP contribution in [0.3, 0.4) is 0 Å². The first-order chi connectivity index (χ1) is 16.9. The molecule has 2 fully saturated rings. The number of carbonyl (C=O) groups is 2. The first-order valence-electron chi connectivity index (χ1n) is 12.2. The van der Waals surface area contributed by atoms with Crippen molar-refractivity contribution in [3.05, 3.63) is 35.1 Å². The molecule has 1 aromatic rings. The van der Waals surface area contributed by atoms with E-state index >= 15 is 0 Å². The van der Waals surface area contributed by atoms with Crippen molar-refractivity contribution in [1.82, 2.24) is 4.98 Å². The Balaban J connectivity index is 1.87. The normalized spacial score (nSPS) is 36.6. The molecule has 3 heterocycles.